The molecule has 22 heavy (non-hydrogen) atoms. The molecular weight excluding hydrogens is 348 g/mol. The van der Waals surface area contributed by atoms with Crippen LogP contribution in [0.5, 0.6) is 0 Å². The summed E-state index contributed by atoms with van der Waals surface area (Å²) in [5.74, 6) is 1.55. The number of halogens is 1. The molecule has 7 nitrogen and oxygen atoms in total. The summed E-state index contributed by atoms with van der Waals surface area (Å²) in [5, 5.41) is 7.91. The zero-order valence-corrected chi connectivity index (χ0v) is 14.2. The van der Waals surface area contributed by atoms with Crippen LogP contribution in [0.15, 0.2) is 17.0 Å². The maximum absolute atomic E-state index is 7.91. The van der Waals surface area contributed by atoms with Gasteiger partial charge < -0.3 is 15.4 Å². The molecule has 0 bridgehead atoms. The average molecular weight is 367 g/mol. The lowest BCUT2D eigenvalue weighted by Crippen LogP contribution is -2.30. The van der Waals surface area contributed by atoms with Crippen molar-refractivity contribution in [3.63, 3.8) is 0 Å². The molecule has 8 heteroatoms. The molecule has 0 aliphatic carbocycles. The van der Waals surface area contributed by atoms with E-state index in [2.05, 4.69) is 32.8 Å². The Kier molecular flexibility index (Phi) is 3.94. The third-order valence-corrected chi connectivity index (χ3v) is 4.50. The number of fused-ring (bicyclic) bond motifs is 1. The van der Waals surface area contributed by atoms with E-state index in [1.54, 1.807) is 6.20 Å². The third kappa shape index (κ3) is 2.51. The molecule has 0 amide bonds. The van der Waals surface area contributed by atoms with Gasteiger partial charge in [-0.1, -0.05) is 6.92 Å². The number of hydrogen-bond donors (Lipinski definition) is 2. The van der Waals surface area contributed by atoms with Gasteiger partial charge in [0.2, 0.25) is 0 Å². The van der Waals surface area contributed by atoms with Gasteiger partial charge in [-0.05, 0) is 29.3 Å². The van der Waals surface area contributed by atoms with Gasteiger partial charge in [0.25, 0.3) is 6.02 Å². The predicted octanol–water partition coefficient (Wildman–Crippen LogP) is 2.22. The highest BCUT2D eigenvalue weighted by molar-refractivity contribution is 9.10. The van der Waals surface area contributed by atoms with Crippen molar-refractivity contribution >= 4 is 33.3 Å². The minimum atomic E-state index is 0.0635. The van der Waals surface area contributed by atoms with Crippen molar-refractivity contribution in [3.05, 3.63) is 22.8 Å². The van der Waals surface area contributed by atoms with Crippen molar-refractivity contribution in [2.45, 2.75) is 32.3 Å². The largest absolute Gasteiger partial charge is 0.460 e. The van der Waals surface area contributed by atoms with Gasteiger partial charge in [-0.25, -0.2) is 9.97 Å². The van der Waals surface area contributed by atoms with Crippen molar-refractivity contribution in [1.29, 1.82) is 5.41 Å². The van der Waals surface area contributed by atoms with Crippen molar-refractivity contribution < 1.29 is 4.74 Å². The topological polar surface area (TPSA) is 92.5 Å². The van der Waals surface area contributed by atoms with Crippen LogP contribution in [-0.4, -0.2) is 44.5 Å². The normalized spacial score (nSPS) is 19.7. The molecule has 0 radical (unpaired) electrons. The first-order chi connectivity index (χ1) is 10.5. The van der Waals surface area contributed by atoms with Gasteiger partial charge in [0, 0.05) is 24.9 Å². The molecule has 1 aliphatic heterocycles. The number of amidine groups is 1. The van der Waals surface area contributed by atoms with Crippen molar-refractivity contribution in [2.24, 2.45) is 0 Å². The fourth-order valence-electron chi connectivity index (χ4n) is 2.84. The third-order valence-electron chi connectivity index (χ3n) is 3.94. The van der Waals surface area contributed by atoms with Gasteiger partial charge in [0.1, 0.15) is 22.0 Å². The maximum atomic E-state index is 7.91. The van der Waals surface area contributed by atoms with Crippen LogP contribution in [0.4, 0.5) is 5.82 Å². The molecule has 2 aromatic heterocycles. The number of aromatic nitrogens is 3. The number of nitrogens with one attached hydrogen (secondary N) is 1. The zero-order chi connectivity index (χ0) is 15.9. The summed E-state index contributed by atoms with van der Waals surface area (Å²) in [6.07, 6.45) is 4.52. The highest BCUT2D eigenvalue weighted by Crippen LogP contribution is 2.29. The van der Waals surface area contributed by atoms with Gasteiger partial charge in [-0.15, -0.1) is 0 Å². The molecule has 1 saturated heterocycles. The molecule has 2 unspecified atom stereocenters. The van der Waals surface area contributed by atoms with E-state index in [0.717, 1.165) is 24.3 Å². The van der Waals surface area contributed by atoms with Crippen LogP contribution in [0.25, 0.3) is 5.52 Å². The second-order valence-corrected chi connectivity index (χ2v) is 6.29. The lowest BCUT2D eigenvalue weighted by atomic mass is 10.1. The number of ether oxygens (including phenoxy) is 1. The van der Waals surface area contributed by atoms with E-state index in [9.17, 15) is 0 Å². The maximum Gasteiger partial charge on any atom is 0.284 e. The summed E-state index contributed by atoms with van der Waals surface area (Å²) in [5.41, 5.74) is 6.74. The van der Waals surface area contributed by atoms with Crippen LogP contribution in [0.3, 0.4) is 0 Å². The summed E-state index contributed by atoms with van der Waals surface area (Å²) in [6.45, 7) is 5.54. The molecule has 118 valence electrons. The predicted molar refractivity (Wildman–Crippen MR) is 88.0 cm³/mol. The Morgan fingerprint density at radius 1 is 1.59 bits per heavy atom. The van der Waals surface area contributed by atoms with E-state index >= 15 is 0 Å². The lowest BCUT2D eigenvalue weighted by molar-refractivity contribution is 0.249. The fraction of sp³-hybridized carbons (Fsp3) is 0.500. The van der Waals surface area contributed by atoms with Gasteiger partial charge in [-0.2, -0.15) is 0 Å². The molecular formula is C14H19BrN6O. The first-order valence-corrected chi connectivity index (χ1v) is 8.08. The number of nitrogens with zero attached hydrogens (tertiary/aromatic N) is 4. The minimum absolute atomic E-state index is 0.0635. The average Bonchev–Trinajstić information content (AvgIpc) is 2.97. The van der Waals surface area contributed by atoms with Crippen LogP contribution < -0.4 is 5.73 Å². The molecule has 2 atom stereocenters. The number of anilines is 1. The van der Waals surface area contributed by atoms with E-state index in [-0.39, 0.29) is 18.0 Å². The second kappa shape index (κ2) is 5.75. The lowest BCUT2D eigenvalue weighted by Gasteiger charge is -2.21. The standard InChI is InChI=1S/C14H19BrN6O/c1-3-9(7-20-6-8(2)22-14(20)17)13-19-11(15)10-12(16)18-4-5-21(10)13/h4-5,8-9,17H,3,6-7H2,1-2H3,(H2,16,18). The Morgan fingerprint density at radius 3 is 3.00 bits per heavy atom. The van der Waals surface area contributed by atoms with Gasteiger partial charge in [-0.3, -0.25) is 9.81 Å². The van der Waals surface area contributed by atoms with Crippen molar-refractivity contribution in [1.82, 2.24) is 19.3 Å². The number of nitrogens with two attached hydrogens (primary N) is 1. The minimum Gasteiger partial charge on any atom is -0.460 e. The molecule has 3 heterocycles. The van der Waals surface area contributed by atoms with Crippen LogP contribution in [0, 0.1) is 5.41 Å². The fourth-order valence-corrected chi connectivity index (χ4v) is 3.42. The van der Waals surface area contributed by atoms with Crippen LogP contribution in [0.1, 0.15) is 32.0 Å². The smallest absolute Gasteiger partial charge is 0.284 e. The summed E-state index contributed by atoms with van der Waals surface area (Å²) in [7, 11) is 0. The molecule has 0 saturated carbocycles. The summed E-state index contributed by atoms with van der Waals surface area (Å²) in [6, 6.07) is 0.243. The molecule has 0 aromatic carbocycles. The first-order valence-electron chi connectivity index (χ1n) is 7.29. The zero-order valence-electron chi connectivity index (χ0n) is 12.6. The molecule has 2 aromatic rings. The number of rotatable bonds is 4. The first kappa shape index (κ1) is 15.1. The monoisotopic (exact) mass is 366 g/mol. The molecule has 3 rings (SSSR count). The van der Waals surface area contributed by atoms with E-state index in [1.807, 2.05) is 22.4 Å². The number of nitrogen functional groups attached to an aromatic ring is 1. The van der Waals surface area contributed by atoms with Crippen LogP contribution in [0.2, 0.25) is 0 Å². The second-order valence-electron chi connectivity index (χ2n) is 5.54. The SMILES string of the molecule is CCC(CN1CC(C)OC1=N)c1nc(Br)c2c(N)nccn12. The number of hydrogen-bond acceptors (Lipinski definition) is 5. The summed E-state index contributed by atoms with van der Waals surface area (Å²) >= 11 is 3.47. The summed E-state index contributed by atoms with van der Waals surface area (Å²) in [4.78, 5) is 10.7. The quantitative estimate of drug-likeness (QED) is 0.865. The van der Waals surface area contributed by atoms with Crippen molar-refractivity contribution in [2.75, 3.05) is 18.8 Å². The highest BCUT2D eigenvalue weighted by atomic mass is 79.9. The van der Waals surface area contributed by atoms with Crippen molar-refractivity contribution in [3.8, 4) is 0 Å². The molecule has 1 aliphatic rings. The van der Waals surface area contributed by atoms with E-state index in [4.69, 9.17) is 15.9 Å². The van der Waals surface area contributed by atoms with Crippen LogP contribution in [-0.2, 0) is 4.74 Å². The van der Waals surface area contributed by atoms with E-state index in [0.29, 0.717) is 17.0 Å². The Hall–Kier alpha value is -1.83. The van der Waals surface area contributed by atoms with E-state index in [1.165, 1.54) is 0 Å². The number of imidazole rings is 1. The Bertz CT molecular complexity index is 715. The van der Waals surface area contributed by atoms with E-state index < -0.39 is 0 Å². The molecule has 0 spiro atoms. The summed E-state index contributed by atoms with van der Waals surface area (Å²) < 4.78 is 8.09. The highest BCUT2D eigenvalue weighted by Gasteiger charge is 2.29. The molecule has 3 N–H and O–H groups in total. The Balaban J connectivity index is 1.94. The van der Waals surface area contributed by atoms with Gasteiger partial charge >= 0.3 is 0 Å². The molecule has 1 fully saturated rings. The Morgan fingerprint density at radius 2 is 2.36 bits per heavy atom. The Labute approximate surface area is 137 Å². The van der Waals surface area contributed by atoms with Gasteiger partial charge in [0.15, 0.2) is 5.82 Å². The van der Waals surface area contributed by atoms with Crippen LogP contribution >= 0.6 is 15.9 Å². The van der Waals surface area contributed by atoms with Gasteiger partial charge in [0.05, 0.1) is 6.54 Å².